The molecule has 5 nitrogen and oxygen atoms in total. The van der Waals surface area contributed by atoms with E-state index < -0.39 is 23.1 Å². The fraction of sp³-hybridized carbons (Fsp3) is 0.565. The van der Waals surface area contributed by atoms with Gasteiger partial charge in [-0.3, -0.25) is 9.59 Å². The molecule has 1 aromatic carbocycles. The second-order valence-electron chi connectivity index (χ2n) is 8.38. The zero-order valence-electron chi connectivity index (χ0n) is 16.9. The summed E-state index contributed by atoms with van der Waals surface area (Å²) in [5.41, 5.74) is 0.0423. The Morgan fingerprint density at radius 2 is 2.00 bits per heavy atom. The number of hydrogen-bond donors (Lipinski definition) is 1. The number of carbonyl (C=O) groups excluding carboxylic acids is 1. The van der Waals surface area contributed by atoms with Crippen LogP contribution < -0.4 is 0 Å². The van der Waals surface area contributed by atoms with E-state index in [9.17, 15) is 14.7 Å². The van der Waals surface area contributed by atoms with Crippen LogP contribution in [-0.2, 0) is 25.7 Å². The normalized spacial score (nSPS) is 29.2. The largest absolute Gasteiger partial charge is 0.481 e. The number of carboxylic acid groups (broad SMARTS) is 1. The summed E-state index contributed by atoms with van der Waals surface area (Å²) in [4.78, 5) is 24.7. The zero-order valence-corrected chi connectivity index (χ0v) is 16.9. The van der Waals surface area contributed by atoms with Gasteiger partial charge in [0.2, 0.25) is 0 Å². The van der Waals surface area contributed by atoms with E-state index in [4.69, 9.17) is 9.47 Å². The Morgan fingerprint density at radius 3 is 2.64 bits per heavy atom. The van der Waals surface area contributed by atoms with Crippen molar-refractivity contribution in [2.24, 2.45) is 11.8 Å². The lowest BCUT2D eigenvalue weighted by atomic mass is 9.80. The molecule has 3 atom stereocenters. The number of carboxylic acids is 1. The summed E-state index contributed by atoms with van der Waals surface area (Å²) < 4.78 is 12.0. The first-order valence-corrected chi connectivity index (χ1v) is 10.1. The Kier molecular flexibility index (Phi) is 6.06. The van der Waals surface area contributed by atoms with Crippen molar-refractivity contribution < 1.29 is 24.2 Å². The highest BCUT2D eigenvalue weighted by Crippen LogP contribution is 2.54. The number of carbonyl (C=O) groups is 2. The fourth-order valence-electron chi connectivity index (χ4n) is 4.42. The monoisotopic (exact) mass is 386 g/mol. The van der Waals surface area contributed by atoms with Gasteiger partial charge in [0, 0.05) is 13.0 Å². The molecule has 1 aromatic rings. The van der Waals surface area contributed by atoms with Crippen molar-refractivity contribution in [3.05, 3.63) is 47.5 Å². The predicted molar refractivity (Wildman–Crippen MR) is 106 cm³/mol. The average Bonchev–Trinajstić information content (AvgIpc) is 2.96. The van der Waals surface area contributed by atoms with Crippen LogP contribution in [0.1, 0.15) is 52.0 Å². The highest BCUT2D eigenvalue weighted by Gasteiger charge is 2.63. The average molecular weight is 386 g/mol. The quantitative estimate of drug-likeness (QED) is 0.645. The van der Waals surface area contributed by atoms with Crippen LogP contribution in [0.15, 0.2) is 42.0 Å². The Balaban J connectivity index is 1.58. The van der Waals surface area contributed by atoms with E-state index in [2.05, 4.69) is 0 Å². The molecule has 2 aliphatic heterocycles. The molecule has 0 unspecified atom stereocenters. The van der Waals surface area contributed by atoms with Gasteiger partial charge in [-0.2, -0.15) is 0 Å². The van der Waals surface area contributed by atoms with E-state index in [-0.39, 0.29) is 18.1 Å². The van der Waals surface area contributed by atoms with Crippen molar-refractivity contribution in [3.63, 3.8) is 0 Å². The Labute approximate surface area is 166 Å². The summed E-state index contributed by atoms with van der Waals surface area (Å²) in [5.74, 6) is -1.73. The van der Waals surface area contributed by atoms with Crippen LogP contribution in [0.2, 0.25) is 0 Å². The van der Waals surface area contributed by atoms with E-state index in [1.54, 1.807) is 6.08 Å². The van der Waals surface area contributed by atoms with E-state index in [1.165, 1.54) is 0 Å². The second-order valence-corrected chi connectivity index (χ2v) is 8.38. The minimum Gasteiger partial charge on any atom is -0.481 e. The van der Waals surface area contributed by atoms with E-state index in [0.717, 1.165) is 24.0 Å². The summed E-state index contributed by atoms with van der Waals surface area (Å²) in [6.45, 7) is 6.89. The molecule has 2 bridgehead atoms. The van der Waals surface area contributed by atoms with E-state index in [0.29, 0.717) is 19.6 Å². The third kappa shape index (κ3) is 3.78. The summed E-state index contributed by atoms with van der Waals surface area (Å²) in [5, 5.41) is 9.74. The Hall–Kier alpha value is -1.98. The van der Waals surface area contributed by atoms with E-state index in [1.807, 2.05) is 51.1 Å². The van der Waals surface area contributed by atoms with Gasteiger partial charge in [-0.05, 0) is 49.3 Å². The summed E-state index contributed by atoms with van der Waals surface area (Å²) in [6, 6.07) is 10.0. The molecule has 1 fully saturated rings. The first kappa shape index (κ1) is 20.7. The lowest BCUT2D eigenvalue weighted by Crippen LogP contribution is -2.49. The molecular weight excluding hydrogens is 356 g/mol. The molecule has 2 heterocycles. The molecule has 152 valence electrons. The predicted octanol–water partition coefficient (Wildman–Crippen LogP) is 4.16. The SMILES string of the molecule is CC(C)[C@@]12C[C@@H](C(=O)O)[C@@](C)(O1)C(CCCCOCc1ccccc1)=CC2=O. The van der Waals surface area contributed by atoms with Gasteiger partial charge in [0.05, 0.1) is 12.5 Å². The van der Waals surface area contributed by atoms with Gasteiger partial charge in [0.1, 0.15) is 11.2 Å². The number of ketones is 1. The number of benzene rings is 1. The van der Waals surface area contributed by atoms with Crippen molar-refractivity contribution in [3.8, 4) is 0 Å². The first-order valence-electron chi connectivity index (χ1n) is 10.1. The molecule has 0 amide bonds. The molecular formula is C23H30O5. The van der Waals surface area contributed by atoms with Crippen LogP contribution in [0.5, 0.6) is 0 Å². The number of fused-ring (bicyclic) bond motifs is 2. The fourth-order valence-corrected chi connectivity index (χ4v) is 4.42. The Bertz CT molecular complexity index is 754. The minimum absolute atomic E-state index is 0.0622. The number of ether oxygens (including phenoxy) is 2. The zero-order chi connectivity index (χ0) is 20.4. The lowest BCUT2D eigenvalue weighted by molar-refractivity contribution is -0.160. The maximum Gasteiger partial charge on any atom is 0.309 e. The van der Waals surface area contributed by atoms with Crippen molar-refractivity contribution in [2.45, 2.75) is 64.3 Å². The van der Waals surface area contributed by atoms with Gasteiger partial charge < -0.3 is 14.6 Å². The maximum absolute atomic E-state index is 12.8. The molecule has 0 saturated carbocycles. The maximum atomic E-state index is 12.8. The molecule has 1 N–H and O–H groups in total. The van der Waals surface area contributed by atoms with Crippen molar-refractivity contribution in [1.82, 2.24) is 0 Å². The summed E-state index contributed by atoms with van der Waals surface area (Å²) in [6.07, 6.45) is 4.23. The summed E-state index contributed by atoms with van der Waals surface area (Å²) in [7, 11) is 0. The molecule has 0 radical (unpaired) electrons. The Morgan fingerprint density at radius 1 is 1.29 bits per heavy atom. The van der Waals surface area contributed by atoms with Gasteiger partial charge in [-0.15, -0.1) is 0 Å². The number of rotatable bonds is 9. The van der Waals surface area contributed by atoms with Crippen LogP contribution >= 0.6 is 0 Å². The van der Waals surface area contributed by atoms with E-state index >= 15 is 0 Å². The molecule has 2 aliphatic rings. The third-order valence-electron chi connectivity index (χ3n) is 6.25. The van der Waals surface area contributed by atoms with Crippen LogP contribution in [0, 0.1) is 11.8 Å². The van der Waals surface area contributed by atoms with Gasteiger partial charge in [0.15, 0.2) is 5.78 Å². The molecule has 5 heteroatoms. The van der Waals surface area contributed by atoms with Crippen LogP contribution in [0.4, 0.5) is 0 Å². The minimum atomic E-state index is -1.000. The molecule has 1 saturated heterocycles. The van der Waals surface area contributed by atoms with Crippen LogP contribution in [0.25, 0.3) is 0 Å². The van der Waals surface area contributed by atoms with Gasteiger partial charge >= 0.3 is 5.97 Å². The number of unbranched alkanes of at least 4 members (excludes halogenated alkanes) is 1. The topological polar surface area (TPSA) is 72.8 Å². The van der Waals surface area contributed by atoms with Gasteiger partial charge in [-0.1, -0.05) is 44.2 Å². The van der Waals surface area contributed by atoms with Gasteiger partial charge in [0.25, 0.3) is 0 Å². The molecule has 0 aliphatic carbocycles. The van der Waals surface area contributed by atoms with Crippen LogP contribution in [-0.4, -0.2) is 34.7 Å². The van der Waals surface area contributed by atoms with Crippen molar-refractivity contribution in [1.29, 1.82) is 0 Å². The standard InChI is InChI=1S/C23H30O5/c1-16(2)23-14-19(21(25)26)22(3,28-23)18(13-20(23)24)11-7-8-12-27-15-17-9-5-4-6-10-17/h4-6,9-10,13,16,19H,7-8,11-12,14-15H2,1-3H3,(H,25,26)/t19-,22-,23+/m0/s1. The third-order valence-corrected chi connectivity index (χ3v) is 6.25. The molecule has 3 rings (SSSR count). The second kappa shape index (κ2) is 8.18. The van der Waals surface area contributed by atoms with Gasteiger partial charge in [-0.25, -0.2) is 0 Å². The molecule has 28 heavy (non-hydrogen) atoms. The first-order chi connectivity index (χ1) is 13.3. The number of aliphatic carboxylic acids is 1. The van der Waals surface area contributed by atoms with Crippen molar-refractivity contribution in [2.75, 3.05) is 6.61 Å². The lowest BCUT2D eigenvalue weighted by Gasteiger charge is -2.40. The highest BCUT2D eigenvalue weighted by atomic mass is 16.5. The highest BCUT2D eigenvalue weighted by molar-refractivity contribution is 6.01. The van der Waals surface area contributed by atoms with Crippen LogP contribution in [0.3, 0.4) is 0 Å². The van der Waals surface area contributed by atoms with Crippen molar-refractivity contribution >= 4 is 11.8 Å². The molecule has 0 spiro atoms. The molecule has 0 aromatic heterocycles. The smallest absolute Gasteiger partial charge is 0.309 e. The summed E-state index contributed by atoms with van der Waals surface area (Å²) >= 11 is 0. The number of hydrogen-bond acceptors (Lipinski definition) is 4.